The number of carbonyl (C=O) groups is 2. The topological polar surface area (TPSA) is 155 Å². The molecular weight excluding hydrogens is 402 g/mol. The number of carboxylic acids is 1. The van der Waals surface area contributed by atoms with Crippen LogP contribution in [-0.4, -0.2) is 77.9 Å². The lowest BCUT2D eigenvalue weighted by Gasteiger charge is -2.32. The molecule has 10 nitrogen and oxygen atoms in total. The van der Waals surface area contributed by atoms with Crippen molar-refractivity contribution >= 4 is 18.0 Å². The van der Waals surface area contributed by atoms with Gasteiger partial charge < -0.3 is 35.8 Å². The Hall–Kier alpha value is -3.01. The molecule has 1 amide bonds. The Morgan fingerprint density at radius 1 is 1.29 bits per heavy atom. The number of likely N-dealkylation sites (tertiary alicyclic amines) is 1. The zero-order valence-corrected chi connectivity index (χ0v) is 17.5. The van der Waals surface area contributed by atoms with Gasteiger partial charge in [-0.1, -0.05) is 12.1 Å². The number of carbonyl (C=O) groups excluding carboxylic acids is 1. The Morgan fingerprint density at radius 2 is 1.97 bits per heavy atom. The van der Waals surface area contributed by atoms with Crippen molar-refractivity contribution in [3.63, 3.8) is 0 Å². The van der Waals surface area contributed by atoms with Gasteiger partial charge in [-0.15, -0.1) is 0 Å². The molecule has 2 unspecified atom stereocenters. The number of cyclic esters (lactones) is 1. The number of hydrogen-bond donors (Lipinski definition) is 4. The van der Waals surface area contributed by atoms with E-state index >= 15 is 0 Å². The molecule has 6 N–H and O–H groups in total. The van der Waals surface area contributed by atoms with E-state index in [1.165, 1.54) is 0 Å². The van der Waals surface area contributed by atoms with Crippen molar-refractivity contribution in [3.05, 3.63) is 29.8 Å². The molecule has 0 spiro atoms. The van der Waals surface area contributed by atoms with Gasteiger partial charge in [0.05, 0.1) is 6.54 Å². The molecule has 0 bridgehead atoms. The zero-order valence-electron chi connectivity index (χ0n) is 17.5. The number of nitrogens with two attached hydrogens (primary N) is 2. The zero-order chi connectivity index (χ0) is 22.4. The van der Waals surface area contributed by atoms with Crippen molar-refractivity contribution in [1.82, 2.24) is 9.80 Å². The Morgan fingerprint density at radius 3 is 2.58 bits per heavy atom. The summed E-state index contributed by atoms with van der Waals surface area (Å²) in [5, 5.41) is 16.4. The third-order valence-corrected chi connectivity index (χ3v) is 5.84. The van der Waals surface area contributed by atoms with Crippen molar-refractivity contribution < 1.29 is 24.2 Å². The molecule has 2 atom stereocenters. The molecule has 1 aromatic rings. The molecular formula is C21H31N5O5. The fourth-order valence-corrected chi connectivity index (χ4v) is 3.90. The highest BCUT2D eigenvalue weighted by molar-refractivity contribution is 5.74. The lowest BCUT2D eigenvalue weighted by Crippen LogP contribution is -2.42. The highest BCUT2D eigenvalue weighted by Gasteiger charge is 2.32. The predicted molar refractivity (Wildman–Crippen MR) is 114 cm³/mol. The summed E-state index contributed by atoms with van der Waals surface area (Å²) in [4.78, 5) is 26.6. The van der Waals surface area contributed by atoms with Crippen LogP contribution in [0.25, 0.3) is 0 Å². The van der Waals surface area contributed by atoms with Crippen LogP contribution in [0.5, 0.6) is 5.75 Å². The Labute approximate surface area is 181 Å². The minimum Gasteiger partial charge on any atom is -0.490 e. The molecule has 2 fully saturated rings. The van der Waals surface area contributed by atoms with Gasteiger partial charge in [0.2, 0.25) is 0 Å². The Kier molecular flexibility index (Phi) is 7.56. The monoisotopic (exact) mass is 433 g/mol. The van der Waals surface area contributed by atoms with Gasteiger partial charge in [-0.3, -0.25) is 10.2 Å². The van der Waals surface area contributed by atoms with E-state index in [-0.39, 0.29) is 31.2 Å². The number of rotatable bonds is 9. The molecule has 170 valence electrons. The number of ether oxygens (including phenoxy) is 2. The van der Waals surface area contributed by atoms with Crippen LogP contribution >= 0.6 is 0 Å². The number of carboxylic acid groups (broad SMARTS) is 1. The molecule has 10 heteroatoms. The average Bonchev–Trinajstić information content (AvgIpc) is 3.11. The summed E-state index contributed by atoms with van der Waals surface area (Å²) >= 11 is 0. The standard InChI is InChI=1S/C21H31N5O5/c22-18(19(27)28)11-15-1-3-16(4-2-15)30-13-17-12-26(21(29)31-17)10-7-14-5-8-25(9-6-14)20(23)24/h1-4,14,17-18H,5-13,22H2,(H3,23,24)(H,27,28). The van der Waals surface area contributed by atoms with Crippen molar-refractivity contribution in [3.8, 4) is 5.75 Å². The first-order valence-corrected chi connectivity index (χ1v) is 10.6. The summed E-state index contributed by atoms with van der Waals surface area (Å²) in [6, 6.07) is 6.14. The lowest BCUT2D eigenvalue weighted by atomic mass is 9.93. The van der Waals surface area contributed by atoms with E-state index < -0.39 is 12.0 Å². The first-order valence-electron chi connectivity index (χ1n) is 10.6. The van der Waals surface area contributed by atoms with Gasteiger partial charge in [0, 0.05) is 19.6 Å². The summed E-state index contributed by atoms with van der Waals surface area (Å²) in [6.07, 6.45) is 2.47. The van der Waals surface area contributed by atoms with Crippen LogP contribution in [0.4, 0.5) is 4.79 Å². The molecule has 3 rings (SSSR count). The molecule has 2 saturated heterocycles. The van der Waals surface area contributed by atoms with Gasteiger partial charge in [-0.25, -0.2) is 4.79 Å². The molecule has 2 aliphatic heterocycles. The molecule has 31 heavy (non-hydrogen) atoms. The summed E-state index contributed by atoms with van der Waals surface area (Å²) in [6.45, 7) is 2.99. The average molecular weight is 434 g/mol. The molecule has 2 heterocycles. The van der Waals surface area contributed by atoms with Crippen molar-refractivity contribution in [2.45, 2.75) is 37.8 Å². The Bertz CT molecular complexity index is 779. The SMILES string of the molecule is N=C(N)N1CCC(CCN2CC(COc3ccc(CC(N)C(=O)O)cc3)OC2=O)CC1. The molecule has 0 aromatic heterocycles. The maximum absolute atomic E-state index is 12.1. The van der Waals surface area contributed by atoms with Crippen molar-refractivity contribution in [2.75, 3.05) is 32.8 Å². The third-order valence-electron chi connectivity index (χ3n) is 5.84. The summed E-state index contributed by atoms with van der Waals surface area (Å²) in [7, 11) is 0. The number of piperidine rings is 1. The third kappa shape index (κ3) is 6.48. The van der Waals surface area contributed by atoms with E-state index in [0.717, 1.165) is 37.9 Å². The minimum atomic E-state index is -1.03. The van der Waals surface area contributed by atoms with Crippen LogP contribution in [0.3, 0.4) is 0 Å². The first-order chi connectivity index (χ1) is 14.8. The second-order valence-electron chi connectivity index (χ2n) is 8.16. The van der Waals surface area contributed by atoms with Crippen molar-refractivity contribution in [2.24, 2.45) is 17.4 Å². The quantitative estimate of drug-likeness (QED) is 0.330. The van der Waals surface area contributed by atoms with E-state index in [1.807, 2.05) is 4.90 Å². The molecule has 0 radical (unpaired) electrons. The van der Waals surface area contributed by atoms with Crippen LogP contribution in [0.2, 0.25) is 0 Å². The fraction of sp³-hybridized carbons (Fsp3) is 0.571. The van der Waals surface area contributed by atoms with E-state index in [9.17, 15) is 9.59 Å². The van der Waals surface area contributed by atoms with Crippen molar-refractivity contribution in [1.29, 1.82) is 5.41 Å². The largest absolute Gasteiger partial charge is 0.490 e. The number of hydrogen-bond acceptors (Lipinski definition) is 6. The van der Waals surface area contributed by atoms with Gasteiger partial charge in [0.15, 0.2) is 12.1 Å². The second kappa shape index (κ2) is 10.3. The lowest BCUT2D eigenvalue weighted by molar-refractivity contribution is -0.138. The van der Waals surface area contributed by atoms with Gasteiger partial charge in [0.25, 0.3) is 0 Å². The number of benzene rings is 1. The number of aliphatic carboxylic acids is 1. The molecule has 2 aliphatic rings. The van der Waals surface area contributed by atoms with Gasteiger partial charge in [-0.2, -0.15) is 0 Å². The highest BCUT2D eigenvalue weighted by atomic mass is 16.6. The van der Waals surface area contributed by atoms with E-state index in [1.54, 1.807) is 29.2 Å². The van der Waals surface area contributed by atoms with Crippen LogP contribution in [0.1, 0.15) is 24.8 Å². The first kappa shape index (κ1) is 22.7. The van der Waals surface area contributed by atoms with E-state index in [2.05, 4.69) is 0 Å². The van der Waals surface area contributed by atoms with E-state index in [4.69, 9.17) is 31.5 Å². The van der Waals surface area contributed by atoms with E-state index in [0.29, 0.717) is 24.8 Å². The number of nitrogens with zero attached hydrogens (tertiary/aromatic N) is 2. The normalized spacial score (nSPS) is 20.4. The van der Waals surface area contributed by atoms with Gasteiger partial charge in [-0.05, 0) is 49.3 Å². The second-order valence-corrected chi connectivity index (χ2v) is 8.16. The maximum atomic E-state index is 12.1. The minimum absolute atomic E-state index is 0.128. The van der Waals surface area contributed by atoms with Crippen LogP contribution in [-0.2, 0) is 16.0 Å². The highest BCUT2D eigenvalue weighted by Crippen LogP contribution is 2.22. The van der Waals surface area contributed by atoms with Crippen LogP contribution in [0.15, 0.2) is 24.3 Å². The summed E-state index contributed by atoms with van der Waals surface area (Å²) in [5.74, 6) is 0.239. The number of amides is 1. The number of guanidine groups is 1. The summed E-state index contributed by atoms with van der Waals surface area (Å²) in [5.41, 5.74) is 11.9. The van der Waals surface area contributed by atoms with Crippen LogP contribution < -0.4 is 16.2 Å². The predicted octanol–water partition coefficient (Wildman–Crippen LogP) is 0.836. The Balaban J connectivity index is 1.37. The van der Waals surface area contributed by atoms with Crippen LogP contribution in [0, 0.1) is 11.3 Å². The van der Waals surface area contributed by atoms with Gasteiger partial charge >= 0.3 is 12.1 Å². The molecule has 1 aromatic carbocycles. The maximum Gasteiger partial charge on any atom is 0.410 e. The molecule has 0 aliphatic carbocycles. The summed E-state index contributed by atoms with van der Waals surface area (Å²) < 4.78 is 11.1. The van der Waals surface area contributed by atoms with Gasteiger partial charge in [0.1, 0.15) is 18.4 Å². The smallest absolute Gasteiger partial charge is 0.410 e. The fourth-order valence-electron chi connectivity index (χ4n) is 3.90. The molecule has 0 saturated carbocycles. The number of nitrogens with one attached hydrogen (secondary N) is 1.